The number of hydrogen-bond acceptors (Lipinski definition) is 5. The summed E-state index contributed by atoms with van der Waals surface area (Å²) in [4.78, 5) is 29.1. The van der Waals surface area contributed by atoms with Crippen molar-refractivity contribution in [3.05, 3.63) is 60.0 Å². The summed E-state index contributed by atoms with van der Waals surface area (Å²) in [6.45, 7) is 6.86. The summed E-state index contributed by atoms with van der Waals surface area (Å²) in [5.74, 6) is 0.0739. The summed E-state index contributed by atoms with van der Waals surface area (Å²) >= 11 is 0. The molecule has 1 unspecified atom stereocenters. The number of nitrogens with zero attached hydrogens (tertiary/aromatic N) is 6. The van der Waals surface area contributed by atoms with Gasteiger partial charge in [0.15, 0.2) is 5.65 Å². The first-order valence-electron chi connectivity index (χ1n) is 11.2. The van der Waals surface area contributed by atoms with E-state index in [0.717, 1.165) is 69.8 Å². The van der Waals surface area contributed by atoms with Crippen LogP contribution in [0.4, 0.5) is 0 Å². The van der Waals surface area contributed by atoms with E-state index in [0.29, 0.717) is 11.6 Å². The van der Waals surface area contributed by atoms with Crippen LogP contribution in [0.25, 0.3) is 11.2 Å². The number of imidazole rings is 1. The Bertz CT molecular complexity index is 1040. The molecule has 0 N–H and O–H groups in total. The number of likely N-dealkylation sites (N-methyl/N-ethyl adjacent to an activating group) is 1. The molecule has 0 saturated carbocycles. The molecule has 31 heavy (non-hydrogen) atoms. The van der Waals surface area contributed by atoms with E-state index in [9.17, 15) is 4.79 Å². The molecule has 0 aliphatic carbocycles. The van der Waals surface area contributed by atoms with Crippen molar-refractivity contribution in [3.63, 3.8) is 0 Å². The first kappa shape index (κ1) is 20.2. The number of rotatable bonds is 5. The zero-order valence-electron chi connectivity index (χ0n) is 18.2. The highest BCUT2D eigenvalue weighted by molar-refractivity contribution is 5.96. The molecule has 0 spiro atoms. The topological polar surface area (TPSA) is 57.5 Å². The van der Waals surface area contributed by atoms with Gasteiger partial charge in [-0.1, -0.05) is 30.3 Å². The van der Waals surface area contributed by atoms with Crippen LogP contribution in [0.5, 0.6) is 0 Å². The van der Waals surface area contributed by atoms with Crippen molar-refractivity contribution in [2.45, 2.75) is 25.4 Å². The van der Waals surface area contributed by atoms with Gasteiger partial charge in [0.2, 0.25) is 0 Å². The molecule has 5 rings (SSSR count). The number of carbonyl (C=O) groups excluding carboxylic acids is 1. The monoisotopic (exact) mass is 418 g/mol. The molecule has 1 aromatic carbocycles. The maximum Gasteiger partial charge on any atom is 0.255 e. The third-order valence-corrected chi connectivity index (χ3v) is 6.69. The quantitative estimate of drug-likeness (QED) is 0.635. The lowest BCUT2D eigenvalue weighted by Crippen LogP contribution is -2.50. The normalized spacial score (nSPS) is 20.5. The molecule has 2 saturated heterocycles. The van der Waals surface area contributed by atoms with Gasteiger partial charge in [0.1, 0.15) is 5.52 Å². The fourth-order valence-corrected chi connectivity index (χ4v) is 4.72. The summed E-state index contributed by atoms with van der Waals surface area (Å²) in [6.07, 6.45) is 5.53. The summed E-state index contributed by atoms with van der Waals surface area (Å²) < 4.78 is 2.07. The first-order valence-corrected chi connectivity index (χ1v) is 11.2. The molecule has 2 aromatic heterocycles. The largest absolute Gasteiger partial charge is 0.337 e. The Hall–Kier alpha value is -2.77. The second kappa shape index (κ2) is 8.77. The Morgan fingerprint density at radius 2 is 1.87 bits per heavy atom. The second-order valence-electron chi connectivity index (χ2n) is 8.77. The number of benzene rings is 1. The molecule has 7 nitrogen and oxygen atoms in total. The van der Waals surface area contributed by atoms with Gasteiger partial charge in [0, 0.05) is 58.1 Å². The lowest BCUT2D eigenvalue weighted by Gasteiger charge is -2.36. The Labute approximate surface area is 183 Å². The van der Waals surface area contributed by atoms with Crippen LogP contribution in [0.1, 0.15) is 22.3 Å². The van der Waals surface area contributed by atoms with E-state index < -0.39 is 0 Å². The lowest BCUT2D eigenvalue weighted by atomic mass is 10.1. The molecule has 0 radical (unpaired) electrons. The fraction of sp³-hybridized carbons (Fsp3) is 0.458. The minimum atomic E-state index is 0.0739. The standard InChI is InChI=1S/C24H30N6O/c1-27-11-13-28(14-12-27)21-8-10-29(17-21)24(31)20-15-22-23(25-16-20)30(18-26-22)9-7-19-5-3-2-4-6-19/h2-6,15-16,18,21H,7-14,17H2,1H3. The van der Waals surface area contributed by atoms with Crippen molar-refractivity contribution in [1.82, 2.24) is 29.2 Å². The van der Waals surface area contributed by atoms with E-state index in [2.05, 4.69) is 55.6 Å². The van der Waals surface area contributed by atoms with Crippen LogP contribution in [-0.2, 0) is 13.0 Å². The molecule has 2 aliphatic heterocycles. The van der Waals surface area contributed by atoms with Gasteiger partial charge >= 0.3 is 0 Å². The van der Waals surface area contributed by atoms with Gasteiger partial charge in [-0.15, -0.1) is 0 Å². The average molecular weight is 419 g/mol. The van der Waals surface area contributed by atoms with E-state index >= 15 is 0 Å². The van der Waals surface area contributed by atoms with Crippen molar-refractivity contribution in [2.75, 3.05) is 46.3 Å². The SMILES string of the molecule is CN1CCN(C2CCN(C(=O)c3cnc4c(c3)ncn4CCc3ccccc3)C2)CC1. The van der Waals surface area contributed by atoms with Crippen LogP contribution in [0.15, 0.2) is 48.9 Å². The van der Waals surface area contributed by atoms with Crippen molar-refractivity contribution >= 4 is 17.1 Å². The third-order valence-electron chi connectivity index (χ3n) is 6.69. The molecule has 1 amide bonds. The van der Waals surface area contributed by atoms with E-state index in [-0.39, 0.29) is 5.91 Å². The van der Waals surface area contributed by atoms with Crippen molar-refractivity contribution in [1.29, 1.82) is 0 Å². The van der Waals surface area contributed by atoms with Crippen LogP contribution in [0.3, 0.4) is 0 Å². The highest BCUT2D eigenvalue weighted by Gasteiger charge is 2.32. The molecule has 2 aliphatic rings. The van der Waals surface area contributed by atoms with Gasteiger partial charge in [0.05, 0.1) is 11.9 Å². The fourth-order valence-electron chi connectivity index (χ4n) is 4.72. The van der Waals surface area contributed by atoms with Crippen LogP contribution in [-0.4, -0.2) is 87.5 Å². The predicted molar refractivity (Wildman–Crippen MR) is 121 cm³/mol. The van der Waals surface area contributed by atoms with Crippen LogP contribution < -0.4 is 0 Å². The van der Waals surface area contributed by atoms with E-state index in [1.807, 2.05) is 23.4 Å². The number of aromatic nitrogens is 3. The van der Waals surface area contributed by atoms with Crippen molar-refractivity contribution in [3.8, 4) is 0 Å². The second-order valence-corrected chi connectivity index (χ2v) is 8.77. The minimum Gasteiger partial charge on any atom is -0.337 e. The van der Waals surface area contributed by atoms with Gasteiger partial charge in [-0.25, -0.2) is 9.97 Å². The number of hydrogen-bond donors (Lipinski definition) is 0. The van der Waals surface area contributed by atoms with Gasteiger partial charge < -0.3 is 14.4 Å². The number of fused-ring (bicyclic) bond motifs is 1. The highest BCUT2D eigenvalue weighted by Crippen LogP contribution is 2.21. The Morgan fingerprint density at radius 1 is 1.06 bits per heavy atom. The lowest BCUT2D eigenvalue weighted by molar-refractivity contribution is 0.0755. The van der Waals surface area contributed by atoms with Crippen molar-refractivity contribution in [2.24, 2.45) is 0 Å². The number of carbonyl (C=O) groups is 1. The van der Waals surface area contributed by atoms with Crippen LogP contribution in [0, 0.1) is 0 Å². The third kappa shape index (κ3) is 4.34. The number of amides is 1. The number of piperazine rings is 1. The number of pyridine rings is 1. The molecule has 4 heterocycles. The average Bonchev–Trinajstić information content (AvgIpc) is 3.45. The molecule has 7 heteroatoms. The van der Waals surface area contributed by atoms with E-state index in [1.165, 1.54) is 5.56 Å². The Kier molecular flexibility index (Phi) is 5.70. The molecule has 162 valence electrons. The highest BCUT2D eigenvalue weighted by atomic mass is 16.2. The summed E-state index contributed by atoms with van der Waals surface area (Å²) in [5.41, 5.74) is 3.55. The predicted octanol–water partition coefficient (Wildman–Crippen LogP) is 2.14. The maximum absolute atomic E-state index is 13.1. The maximum atomic E-state index is 13.1. The minimum absolute atomic E-state index is 0.0739. The molecule has 3 aromatic rings. The Balaban J connectivity index is 1.24. The van der Waals surface area contributed by atoms with Gasteiger partial charge in [-0.05, 0) is 31.5 Å². The smallest absolute Gasteiger partial charge is 0.255 e. The van der Waals surface area contributed by atoms with Gasteiger partial charge in [0.25, 0.3) is 5.91 Å². The zero-order valence-corrected chi connectivity index (χ0v) is 18.2. The van der Waals surface area contributed by atoms with Gasteiger partial charge in [-0.3, -0.25) is 9.69 Å². The molecule has 0 bridgehead atoms. The summed E-state index contributed by atoms with van der Waals surface area (Å²) in [6, 6.07) is 12.8. The zero-order chi connectivity index (χ0) is 21.2. The van der Waals surface area contributed by atoms with E-state index in [1.54, 1.807) is 6.20 Å². The molecule has 2 fully saturated rings. The van der Waals surface area contributed by atoms with Gasteiger partial charge in [-0.2, -0.15) is 0 Å². The number of aryl methyl sites for hydroxylation is 2. The van der Waals surface area contributed by atoms with E-state index in [4.69, 9.17) is 0 Å². The summed E-state index contributed by atoms with van der Waals surface area (Å²) in [5, 5.41) is 0. The molecular formula is C24H30N6O. The van der Waals surface area contributed by atoms with Crippen molar-refractivity contribution < 1.29 is 4.79 Å². The van der Waals surface area contributed by atoms with Crippen LogP contribution >= 0.6 is 0 Å². The summed E-state index contributed by atoms with van der Waals surface area (Å²) in [7, 11) is 2.17. The van der Waals surface area contributed by atoms with Crippen LogP contribution in [0.2, 0.25) is 0 Å². The number of likely N-dealkylation sites (tertiary alicyclic amines) is 1. The molecular weight excluding hydrogens is 388 g/mol. The molecule has 1 atom stereocenters. The Morgan fingerprint density at radius 3 is 2.68 bits per heavy atom. The first-order chi connectivity index (χ1) is 15.2.